The summed E-state index contributed by atoms with van der Waals surface area (Å²) in [5.41, 5.74) is 3.12. The summed E-state index contributed by atoms with van der Waals surface area (Å²) in [5, 5.41) is 14.6. The molecule has 0 spiro atoms. The summed E-state index contributed by atoms with van der Waals surface area (Å²) in [4.78, 5) is 4.50. The van der Waals surface area contributed by atoms with Gasteiger partial charge in [0.1, 0.15) is 5.75 Å². The van der Waals surface area contributed by atoms with E-state index in [1.807, 2.05) is 49.4 Å². The van der Waals surface area contributed by atoms with Gasteiger partial charge in [0.25, 0.3) is 0 Å². The lowest BCUT2D eigenvalue weighted by Gasteiger charge is -2.14. The van der Waals surface area contributed by atoms with Gasteiger partial charge in [-0.05, 0) is 48.7 Å². The molecule has 1 aromatic heterocycles. The van der Waals surface area contributed by atoms with E-state index < -0.39 is 0 Å². The van der Waals surface area contributed by atoms with Crippen LogP contribution in [-0.2, 0) is 0 Å². The summed E-state index contributed by atoms with van der Waals surface area (Å²) in [6.07, 6.45) is 1.61. The van der Waals surface area contributed by atoms with Gasteiger partial charge < -0.3 is 15.4 Å². The molecule has 0 amide bonds. The number of ether oxygens (including phenoxy) is 1. The van der Waals surface area contributed by atoms with Crippen molar-refractivity contribution >= 4 is 23.1 Å². The lowest BCUT2D eigenvalue weighted by molar-refractivity contribution is 0.340. The lowest BCUT2D eigenvalue weighted by Crippen LogP contribution is -2.04. The number of aromatic nitrogens is 3. The van der Waals surface area contributed by atoms with Crippen LogP contribution in [-0.4, -0.2) is 21.8 Å². The van der Waals surface area contributed by atoms with Gasteiger partial charge in [-0.2, -0.15) is 10.1 Å². The minimum absolute atomic E-state index is 0.412. The average molecular weight is 349 g/mol. The molecule has 6 heteroatoms. The Hall–Kier alpha value is -3.15. The highest BCUT2D eigenvalue weighted by Gasteiger charge is 2.08. The van der Waals surface area contributed by atoms with E-state index in [0.29, 0.717) is 24.3 Å². The van der Waals surface area contributed by atoms with Gasteiger partial charge in [0, 0.05) is 11.4 Å². The fraction of sp³-hybridized carbons (Fsp3) is 0.250. The summed E-state index contributed by atoms with van der Waals surface area (Å²) < 4.78 is 5.45. The number of benzene rings is 2. The molecule has 3 aromatic rings. The van der Waals surface area contributed by atoms with E-state index in [1.54, 1.807) is 6.20 Å². The molecule has 134 valence electrons. The molecule has 0 fully saturated rings. The Morgan fingerprint density at radius 1 is 1.00 bits per heavy atom. The van der Waals surface area contributed by atoms with Crippen LogP contribution in [0.15, 0.2) is 54.7 Å². The van der Waals surface area contributed by atoms with Crippen LogP contribution in [0.1, 0.15) is 32.3 Å². The SMILES string of the molecule is CCOc1ccc(Nc2nncc(Nc3ccccc3C(C)C)n2)cc1. The van der Waals surface area contributed by atoms with Crippen molar-refractivity contribution in [3.8, 4) is 5.75 Å². The van der Waals surface area contributed by atoms with Gasteiger partial charge in [-0.15, -0.1) is 5.10 Å². The largest absolute Gasteiger partial charge is 0.494 e. The van der Waals surface area contributed by atoms with E-state index in [0.717, 1.165) is 17.1 Å². The molecular weight excluding hydrogens is 326 g/mol. The molecule has 0 saturated heterocycles. The third-order valence-electron chi connectivity index (χ3n) is 3.83. The van der Waals surface area contributed by atoms with E-state index in [4.69, 9.17) is 4.74 Å². The Labute approximate surface area is 153 Å². The Kier molecular flexibility index (Phi) is 5.63. The van der Waals surface area contributed by atoms with Crippen molar-refractivity contribution in [2.45, 2.75) is 26.7 Å². The summed E-state index contributed by atoms with van der Waals surface area (Å²) in [7, 11) is 0. The molecule has 6 nitrogen and oxygen atoms in total. The van der Waals surface area contributed by atoms with Gasteiger partial charge in [0.2, 0.25) is 5.95 Å². The van der Waals surface area contributed by atoms with Crippen LogP contribution in [0.25, 0.3) is 0 Å². The number of hydrogen-bond acceptors (Lipinski definition) is 6. The maximum absolute atomic E-state index is 5.45. The van der Waals surface area contributed by atoms with Crippen LogP contribution >= 0.6 is 0 Å². The quantitative estimate of drug-likeness (QED) is 0.633. The molecule has 0 radical (unpaired) electrons. The Balaban J connectivity index is 1.74. The zero-order valence-electron chi connectivity index (χ0n) is 15.2. The predicted molar refractivity (Wildman–Crippen MR) is 105 cm³/mol. The van der Waals surface area contributed by atoms with Crippen molar-refractivity contribution in [2.24, 2.45) is 0 Å². The third-order valence-corrected chi connectivity index (χ3v) is 3.83. The standard InChI is InChI=1S/C20H23N5O/c1-4-26-16-11-9-15(10-12-16)22-20-24-19(13-21-25-20)23-18-8-6-5-7-17(18)14(2)3/h5-14H,4H2,1-3H3,(H2,22,23,24,25). The minimum atomic E-state index is 0.412. The van der Waals surface area contributed by atoms with Gasteiger partial charge in [-0.3, -0.25) is 0 Å². The van der Waals surface area contributed by atoms with Crippen molar-refractivity contribution < 1.29 is 4.74 Å². The summed E-state index contributed by atoms with van der Waals surface area (Å²) in [6.45, 7) is 6.93. The first-order chi connectivity index (χ1) is 12.7. The summed E-state index contributed by atoms with van der Waals surface area (Å²) in [6, 6.07) is 15.8. The molecule has 0 aliphatic rings. The van der Waals surface area contributed by atoms with Crippen LogP contribution in [0.3, 0.4) is 0 Å². The molecule has 0 saturated carbocycles. The number of nitrogens with one attached hydrogen (secondary N) is 2. The van der Waals surface area contributed by atoms with Gasteiger partial charge in [-0.25, -0.2) is 0 Å². The van der Waals surface area contributed by atoms with E-state index in [1.165, 1.54) is 5.56 Å². The molecule has 0 aliphatic heterocycles. The minimum Gasteiger partial charge on any atom is -0.494 e. The average Bonchev–Trinajstić information content (AvgIpc) is 2.64. The first-order valence-electron chi connectivity index (χ1n) is 8.71. The zero-order chi connectivity index (χ0) is 18.4. The van der Waals surface area contributed by atoms with E-state index in [-0.39, 0.29) is 0 Å². The Morgan fingerprint density at radius 2 is 1.77 bits per heavy atom. The molecule has 0 aliphatic carbocycles. The van der Waals surface area contributed by atoms with Crippen molar-refractivity contribution in [2.75, 3.05) is 17.2 Å². The fourth-order valence-electron chi connectivity index (χ4n) is 2.60. The van der Waals surface area contributed by atoms with Crippen LogP contribution in [0.4, 0.5) is 23.1 Å². The molecule has 0 bridgehead atoms. The van der Waals surface area contributed by atoms with Crippen molar-refractivity contribution in [1.29, 1.82) is 0 Å². The number of rotatable bonds is 7. The van der Waals surface area contributed by atoms with Gasteiger partial charge >= 0.3 is 0 Å². The van der Waals surface area contributed by atoms with Crippen LogP contribution in [0.5, 0.6) is 5.75 Å². The van der Waals surface area contributed by atoms with E-state index in [2.05, 4.69) is 45.7 Å². The van der Waals surface area contributed by atoms with Gasteiger partial charge in [0.05, 0.1) is 12.8 Å². The fourth-order valence-corrected chi connectivity index (χ4v) is 2.60. The second kappa shape index (κ2) is 8.29. The number of nitrogens with zero attached hydrogens (tertiary/aromatic N) is 3. The maximum atomic E-state index is 5.45. The van der Waals surface area contributed by atoms with Crippen molar-refractivity contribution in [1.82, 2.24) is 15.2 Å². The molecule has 26 heavy (non-hydrogen) atoms. The summed E-state index contributed by atoms with van der Waals surface area (Å²) in [5.74, 6) is 2.32. The van der Waals surface area contributed by atoms with E-state index >= 15 is 0 Å². The molecular formula is C20H23N5O. The van der Waals surface area contributed by atoms with Crippen LogP contribution in [0.2, 0.25) is 0 Å². The number of anilines is 4. The third kappa shape index (κ3) is 4.47. The Morgan fingerprint density at radius 3 is 2.50 bits per heavy atom. The molecule has 0 unspecified atom stereocenters. The highest BCUT2D eigenvalue weighted by Crippen LogP contribution is 2.26. The van der Waals surface area contributed by atoms with Gasteiger partial charge in [0.15, 0.2) is 5.82 Å². The van der Waals surface area contributed by atoms with Crippen molar-refractivity contribution in [3.63, 3.8) is 0 Å². The Bertz CT molecular complexity index is 849. The van der Waals surface area contributed by atoms with Gasteiger partial charge in [-0.1, -0.05) is 32.0 Å². The summed E-state index contributed by atoms with van der Waals surface area (Å²) >= 11 is 0. The normalized spacial score (nSPS) is 10.6. The first-order valence-corrected chi connectivity index (χ1v) is 8.71. The molecule has 0 atom stereocenters. The predicted octanol–water partition coefficient (Wildman–Crippen LogP) is 4.88. The zero-order valence-corrected chi connectivity index (χ0v) is 15.2. The second-order valence-corrected chi connectivity index (χ2v) is 6.11. The maximum Gasteiger partial charge on any atom is 0.249 e. The molecule has 1 heterocycles. The monoisotopic (exact) mass is 349 g/mol. The lowest BCUT2D eigenvalue weighted by atomic mass is 10.0. The molecule has 2 aromatic carbocycles. The van der Waals surface area contributed by atoms with Crippen LogP contribution in [0, 0.1) is 0 Å². The number of hydrogen-bond donors (Lipinski definition) is 2. The van der Waals surface area contributed by atoms with Crippen LogP contribution < -0.4 is 15.4 Å². The van der Waals surface area contributed by atoms with Crippen molar-refractivity contribution in [3.05, 3.63) is 60.3 Å². The first kappa shape index (κ1) is 17.7. The highest BCUT2D eigenvalue weighted by atomic mass is 16.5. The molecule has 3 rings (SSSR count). The molecule has 2 N–H and O–H groups in total. The topological polar surface area (TPSA) is 72.0 Å². The smallest absolute Gasteiger partial charge is 0.249 e. The second-order valence-electron chi connectivity index (χ2n) is 6.11. The number of para-hydroxylation sites is 1. The highest BCUT2D eigenvalue weighted by molar-refractivity contribution is 5.62. The van der Waals surface area contributed by atoms with E-state index in [9.17, 15) is 0 Å².